The molecule has 1 unspecified atom stereocenters. The summed E-state index contributed by atoms with van der Waals surface area (Å²) in [7, 11) is 0. The Hall–Kier alpha value is -0.610. The van der Waals surface area contributed by atoms with Crippen LogP contribution in [0, 0.1) is 0 Å². The SMILES string of the molecule is CCCN(CC1CCCN1)C(=O)CCCOCC. The minimum absolute atomic E-state index is 0.283. The summed E-state index contributed by atoms with van der Waals surface area (Å²) in [6.45, 7) is 8.40. The second kappa shape index (κ2) is 9.34. The van der Waals surface area contributed by atoms with Gasteiger partial charge in [-0.1, -0.05) is 6.92 Å². The number of carbonyl (C=O) groups is 1. The molecule has 1 amide bonds. The molecule has 0 radical (unpaired) electrons. The van der Waals surface area contributed by atoms with Crippen molar-refractivity contribution >= 4 is 5.91 Å². The van der Waals surface area contributed by atoms with Gasteiger partial charge in [0.25, 0.3) is 0 Å². The first-order valence-electron chi connectivity index (χ1n) is 7.36. The van der Waals surface area contributed by atoms with Crippen LogP contribution < -0.4 is 5.32 Å². The molecule has 4 heteroatoms. The molecule has 1 N–H and O–H groups in total. The maximum atomic E-state index is 12.1. The summed E-state index contributed by atoms with van der Waals surface area (Å²) >= 11 is 0. The smallest absolute Gasteiger partial charge is 0.222 e. The molecule has 1 heterocycles. The average Bonchev–Trinajstić information content (AvgIpc) is 2.87. The lowest BCUT2D eigenvalue weighted by molar-refractivity contribution is -0.132. The maximum Gasteiger partial charge on any atom is 0.222 e. The number of rotatable bonds is 9. The van der Waals surface area contributed by atoms with Crippen molar-refractivity contribution in [3.63, 3.8) is 0 Å². The van der Waals surface area contributed by atoms with Crippen LogP contribution in [-0.4, -0.2) is 49.7 Å². The molecule has 1 rings (SSSR count). The highest BCUT2D eigenvalue weighted by molar-refractivity contribution is 5.76. The van der Waals surface area contributed by atoms with E-state index in [1.54, 1.807) is 0 Å². The van der Waals surface area contributed by atoms with Crippen molar-refractivity contribution in [2.45, 2.75) is 52.0 Å². The Morgan fingerprint density at radius 3 is 2.89 bits per heavy atom. The summed E-state index contributed by atoms with van der Waals surface area (Å²) < 4.78 is 5.27. The van der Waals surface area contributed by atoms with Crippen molar-refractivity contribution in [1.29, 1.82) is 0 Å². The third-order valence-electron chi connectivity index (χ3n) is 3.33. The third-order valence-corrected chi connectivity index (χ3v) is 3.33. The molecule has 4 nitrogen and oxygen atoms in total. The maximum absolute atomic E-state index is 12.1. The van der Waals surface area contributed by atoms with Gasteiger partial charge in [0.1, 0.15) is 0 Å². The lowest BCUT2D eigenvalue weighted by Gasteiger charge is -2.25. The van der Waals surface area contributed by atoms with Crippen LogP contribution >= 0.6 is 0 Å². The van der Waals surface area contributed by atoms with Gasteiger partial charge in [-0.05, 0) is 39.2 Å². The van der Waals surface area contributed by atoms with Crippen LogP contribution in [0.5, 0.6) is 0 Å². The van der Waals surface area contributed by atoms with E-state index in [2.05, 4.69) is 12.2 Å². The second-order valence-corrected chi connectivity index (χ2v) is 4.93. The van der Waals surface area contributed by atoms with E-state index in [1.165, 1.54) is 12.8 Å². The molecular formula is C14H28N2O2. The van der Waals surface area contributed by atoms with Crippen LogP contribution in [0.15, 0.2) is 0 Å². The normalized spacial score (nSPS) is 19.1. The van der Waals surface area contributed by atoms with E-state index in [4.69, 9.17) is 4.74 Å². The number of nitrogens with one attached hydrogen (secondary N) is 1. The molecule has 1 atom stereocenters. The second-order valence-electron chi connectivity index (χ2n) is 4.93. The van der Waals surface area contributed by atoms with Crippen molar-refractivity contribution in [1.82, 2.24) is 10.2 Å². The van der Waals surface area contributed by atoms with Gasteiger partial charge in [-0.3, -0.25) is 4.79 Å². The standard InChI is InChI=1S/C14H28N2O2/c1-3-10-16(12-13-7-5-9-15-13)14(17)8-6-11-18-4-2/h13,15H,3-12H2,1-2H3. The zero-order valence-electron chi connectivity index (χ0n) is 11.9. The fourth-order valence-corrected chi connectivity index (χ4v) is 2.39. The molecule has 1 aliphatic heterocycles. The molecular weight excluding hydrogens is 228 g/mol. The Balaban J connectivity index is 2.27. The molecule has 106 valence electrons. The average molecular weight is 256 g/mol. The lowest BCUT2D eigenvalue weighted by Crippen LogP contribution is -2.41. The Morgan fingerprint density at radius 2 is 2.28 bits per heavy atom. The van der Waals surface area contributed by atoms with E-state index < -0.39 is 0 Å². The first-order valence-corrected chi connectivity index (χ1v) is 7.36. The van der Waals surface area contributed by atoms with Gasteiger partial charge in [0.05, 0.1) is 0 Å². The Labute approximate surface area is 111 Å². The van der Waals surface area contributed by atoms with Crippen LogP contribution in [0.4, 0.5) is 0 Å². The molecule has 0 bridgehead atoms. The van der Waals surface area contributed by atoms with Crippen molar-refractivity contribution in [2.24, 2.45) is 0 Å². The molecule has 0 aliphatic carbocycles. The van der Waals surface area contributed by atoms with Crippen molar-refractivity contribution in [2.75, 3.05) is 32.8 Å². The van der Waals surface area contributed by atoms with Crippen molar-refractivity contribution in [3.05, 3.63) is 0 Å². The predicted molar refractivity (Wildman–Crippen MR) is 73.6 cm³/mol. The molecule has 1 aliphatic rings. The summed E-state index contributed by atoms with van der Waals surface area (Å²) in [6, 6.07) is 0.507. The van der Waals surface area contributed by atoms with Crippen LogP contribution in [0.25, 0.3) is 0 Å². The van der Waals surface area contributed by atoms with Gasteiger partial charge in [0.15, 0.2) is 0 Å². The monoisotopic (exact) mass is 256 g/mol. The van der Waals surface area contributed by atoms with Crippen LogP contribution in [0.3, 0.4) is 0 Å². The van der Waals surface area contributed by atoms with Crippen molar-refractivity contribution < 1.29 is 9.53 Å². The molecule has 0 saturated carbocycles. The van der Waals surface area contributed by atoms with Gasteiger partial charge < -0.3 is 15.0 Å². The fraction of sp³-hybridized carbons (Fsp3) is 0.929. The number of hydrogen-bond donors (Lipinski definition) is 1. The fourth-order valence-electron chi connectivity index (χ4n) is 2.39. The molecule has 18 heavy (non-hydrogen) atoms. The number of nitrogens with zero attached hydrogens (tertiary/aromatic N) is 1. The zero-order valence-corrected chi connectivity index (χ0v) is 11.9. The Kier molecular flexibility index (Phi) is 8.01. The summed E-state index contributed by atoms with van der Waals surface area (Å²) in [5.41, 5.74) is 0. The summed E-state index contributed by atoms with van der Waals surface area (Å²) in [5.74, 6) is 0.283. The highest BCUT2D eigenvalue weighted by Gasteiger charge is 2.20. The van der Waals surface area contributed by atoms with E-state index in [9.17, 15) is 4.79 Å². The van der Waals surface area contributed by atoms with E-state index in [0.29, 0.717) is 19.1 Å². The number of hydrogen-bond acceptors (Lipinski definition) is 3. The van der Waals surface area contributed by atoms with Crippen LogP contribution in [0.1, 0.15) is 46.0 Å². The molecule has 1 saturated heterocycles. The quantitative estimate of drug-likeness (QED) is 0.640. The molecule has 0 aromatic carbocycles. The number of ether oxygens (including phenoxy) is 1. The Morgan fingerprint density at radius 1 is 1.44 bits per heavy atom. The lowest BCUT2D eigenvalue weighted by atomic mass is 10.2. The summed E-state index contributed by atoms with van der Waals surface area (Å²) in [5, 5.41) is 3.46. The predicted octanol–water partition coefficient (Wildman–Crippen LogP) is 1.79. The minimum Gasteiger partial charge on any atom is -0.382 e. The summed E-state index contributed by atoms with van der Waals surface area (Å²) in [4.78, 5) is 14.1. The van der Waals surface area contributed by atoms with E-state index in [0.717, 1.165) is 39.1 Å². The topological polar surface area (TPSA) is 41.6 Å². The van der Waals surface area contributed by atoms with Gasteiger partial charge in [0, 0.05) is 38.8 Å². The Bertz CT molecular complexity index is 228. The summed E-state index contributed by atoms with van der Waals surface area (Å²) in [6.07, 6.45) is 4.93. The third kappa shape index (κ3) is 5.83. The first kappa shape index (κ1) is 15.4. The first-order chi connectivity index (χ1) is 8.77. The van der Waals surface area contributed by atoms with Gasteiger partial charge >= 0.3 is 0 Å². The molecule has 1 fully saturated rings. The highest BCUT2D eigenvalue weighted by Crippen LogP contribution is 2.09. The molecule has 0 aromatic heterocycles. The molecule has 0 aromatic rings. The van der Waals surface area contributed by atoms with Crippen molar-refractivity contribution in [3.8, 4) is 0 Å². The van der Waals surface area contributed by atoms with Crippen LogP contribution in [-0.2, 0) is 9.53 Å². The van der Waals surface area contributed by atoms with Crippen LogP contribution in [0.2, 0.25) is 0 Å². The van der Waals surface area contributed by atoms with Gasteiger partial charge in [-0.15, -0.1) is 0 Å². The number of carbonyl (C=O) groups excluding carboxylic acids is 1. The highest BCUT2D eigenvalue weighted by atomic mass is 16.5. The van der Waals surface area contributed by atoms with E-state index >= 15 is 0 Å². The zero-order chi connectivity index (χ0) is 13.2. The van der Waals surface area contributed by atoms with E-state index in [1.807, 2.05) is 11.8 Å². The minimum atomic E-state index is 0.283. The van der Waals surface area contributed by atoms with Gasteiger partial charge in [0.2, 0.25) is 5.91 Å². The van der Waals surface area contributed by atoms with Gasteiger partial charge in [-0.2, -0.15) is 0 Å². The molecule has 0 spiro atoms. The van der Waals surface area contributed by atoms with Gasteiger partial charge in [-0.25, -0.2) is 0 Å². The number of amides is 1. The largest absolute Gasteiger partial charge is 0.382 e. The van der Waals surface area contributed by atoms with E-state index in [-0.39, 0.29) is 5.91 Å².